The molecule has 72 valence electrons. The average molecular weight is 265 g/mol. The molecule has 0 saturated heterocycles. The summed E-state index contributed by atoms with van der Waals surface area (Å²) in [5.74, 6) is 0. The van der Waals surface area contributed by atoms with E-state index in [4.69, 9.17) is 22.1 Å². The van der Waals surface area contributed by atoms with Gasteiger partial charge >= 0.3 is 0 Å². The fourth-order valence-electron chi connectivity index (χ4n) is 1.07. The fraction of sp³-hybridized carbons (Fsp3) is 0.333. The van der Waals surface area contributed by atoms with Crippen LogP contribution in [-0.4, -0.2) is 13.7 Å². The quantitative estimate of drug-likeness (QED) is 0.911. The van der Waals surface area contributed by atoms with Crippen molar-refractivity contribution in [3.8, 4) is 0 Å². The van der Waals surface area contributed by atoms with Gasteiger partial charge in [-0.05, 0) is 17.7 Å². The highest BCUT2D eigenvalue weighted by molar-refractivity contribution is 9.10. The number of benzene rings is 1. The van der Waals surface area contributed by atoms with E-state index in [1.807, 2.05) is 18.2 Å². The van der Waals surface area contributed by atoms with Crippen LogP contribution in [0.5, 0.6) is 0 Å². The Bertz CT molecular complexity index is 293. The standard InChI is InChI=1S/C9H11BrClNO/c1-13-5-9(12)7-3-2-6(10)4-8(7)11/h2-4,9H,5,12H2,1H3. The van der Waals surface area contributed by atoms with E-state index in [0.717, 1.165) is 10.0 Å². The SMILES string of the molecule is COCC(N)c1ccc(Br)cc1Cl. The predicted molar refractivity (Wildman–Crippen MR) is 58.0 cm³/mol. The summed E-state index contributed by atoms with van der Waals surface area (Å²) >= 11 is 9.32. The second-order valence-electron chi connectivity index (χ2n) is 2.73. The maximum Gasteiger partial charge on any atom is 0.0656 e. The average Bonchev–Trinajstić information content (AvgIpc) is 2.04. The minimum absolute atomic E-state index is 0.161. The van der Waals surface area contributed by atoms with Crippen molar-refractivity contribution in [1.29, 1.82) is 0 Å². The lowest BCUT2D eigenvalue weighted by molar-refractivity contribution is 0.181. The molecule has 1 aromatic rings. The predicted octanol–water partition coefficient (Wildman–Crippen LogP) is 2.75. The lowest BCUT2D eigenvalue weighted by atomic mass is 10.1. The second-order valence-corrected chi connectivity index (χ2v) is 4.05. The van der Waals surface area contributed by atoms with E-state index in [2.05, 4.69) is 15.9 Å². The molecule has 0 spiro atoms. The molecule has 1 aromatic carbocycles. The minimum atomic E-state index is -0.161. The molecule has 0 fully saturated rings. The van der Waals surface area contributed by atoms with E-state index in [1.165, 1.54) is 0 Å². The summed E-state index contributed by atoms with van der Waals surface area (Å²) in [7, 11) is 1.62. The van der Waals surface area contributed by atoms with Gasteiger partial charge in [0, 0.05) is 16.6 Å². The molecule has 1 unspecified atom stereocenters. The molecule has 0 aromatic heterocycles. The van der Waals surface area contributed by atoms with Crippen LogP contribution in [-0.2, 0) is 4.74 Å². The van der Waals surface area contributed by atoms with E-state index >= 15 is 0 Å². The summed E-state index contributed by atoms with van der Waals surface area (Å²) in [5.41, 5.74) is 6.74. The molecule has 0 aliphatic heterocycles. The Morgan fingerprint density at radius 2 is 2.31 bits per heavy atom. The Morgan fingerprint density at radius 3 is 2.85 bits per heavy atom. The first-order valence-corrected chi connectivity index (χ1v) is 5.01. The molecule has 0 aliphatic rings. The molecule has 2 nitrogen and oxygen atoms in total. The van der Waals surface area contributed by atoms with Crippen LogP contribution in [0.15, 0.2) is 22.7 Å². The molecule has 1 rings (SSSR count). The van der Waals surface area contributed by atoms with E-state index < -0.39 is 0 Å². The summed E-state index contributed by atoms with van der Waals surface area (Å²) in [5, 5.41) is 0.666. The van der Waals surface area contributed by atoms with Crippen LogP contribution >= 0.6 is 27.5 Å². The molecule has 0 bridgehead atoms. The molecular weight excluding hydrogens is 253 g/mol. The molecule has 0 radical (unpaired) electrons. The zero-order valence-electron chi connectivity index (χ0n) is 7.26. The van der Waals surface area contributed by atoms with Gasteiger partial charge in [0.1, 0.15) is 0 Å². The highest BCUT2D eigenvalue weighted by Crippen LogP contribution is 2.25. The van der Waals surface area contributed by atoms with Crippen molar-refractivity contribution in [2.75, 3.05) is 13.7 Å². The monoisotopic (exact) mass is 263 g/mol. The Hall–Kier alpha value is -0.0900. The van der Waals surface area contributed by atoms with E-state index in [-0.39, 0.29) is 6.04 Å². The van der Waals surface area contributed by atoms with Crippen molar-refractivity contribution >= 4 is 27.5 Å². The van der Waals surface area contributed by atoms with E-state index in [0.29, 0.717) is 11.6 Å². The number of methoxy groups -OCH3 is 1. The first kappa shape index (κ1) is 11.0. The van der Waals surface area contributed by atoms with Crippen LogP contribution in [0.1, 0.15) is 11.6 Å². The van der Waals surface area contributed by atoms with Crippen molar-refractivity contribution in [2.24, 2.45) is 5.73 Å². The smallest absolute Gasteiger partial charge is 0.0656 e. The molecule has 0 aliphatic carbocycles. The third-order valence-corrected chi connectivity index (χ3v) is 2.53. The molecule has 0 amide bonds. The Labute approximate surface area is 91.2 Å². The van der Waals surface area contributed by atoms with Gasteiger partial charge in [0.2, 0.25) is 0 Å². The second kappa shape index (κ2) is 4.96. The molecular formula is C9H11BrClNO. The number of halogens is 2. The highest BCUT2D eigenvalue weighted by atomic mass is 79.9. The topological polar surface area (TPSA) is 35.2 Å². The fourth-order valence-corrected chi connectivity index (χ4v) is 1.89. The van der Waals surface area contributed by atoms with Crippen LogP contribution in [0.4, 0.5) is 0 Å². The molecule has 0 heterocycles. The summed E-state index contributed by atoms with van der Waals surface area (Å²) in [4.78, 5) is 0. The van der Waals surface area contributed by atoms with Gasteiger partial charge < -0.3 is 10.5 Å². The Kier molecular flexibility index (Phi) is 4.19. The van der Waals surface area contributed by atoms with Crippen LogP contribution < -0.4 is 5.73 Å². The van der Waals surface area contributed by atoms with Gasteiger partial charge in [0.15, 0.2) is 0 Å². The lowest BCUT2D eigenvalue weighted by Gasteiger charge is -2.12. The van der Waals surface area contributed by atoms with Crippen LogP contribution in [0.2, 0.25) is 5.02 Å². The molecule has 13 heavy (non-hydrogen) atoms. The number of rotatable bonds is 3. The normalized spacial score (nSPS) is 12.9. The van der Waals surface area contributed by atoms with Crippen LogP contribution in [0.25, 0.3) is 0 Å². The maximum atomic E-state index is 5.99. The van der Waals surface area contributed by atoms with E-state index in [1.54, 1.807) is 7.11 Å². The first-order chi connectivity index (χ1) is 6.15. The van der Waals surface area contributed by atoms with Gasteiger partial charge in [0.25, 0.3) is 0 Å². The molecule has 2 N–H and O–H groups in total. The van der Waals surface area contributed by atoms with Crippen molar-refractivity contribution in [2.45, 2.75) is 6.04 Å². The number of hydrogen-bond acceptors (Lipinski definition) is 2. The number of hydrogen-bond donors (Lipinski definition) is 1. The molecule has 4 heteroatoms. The molecule has 0 saturated carbocycles. The van der Waals surface area contributed by atoms with Gasteiger partial charge in [-0.1, -0.05) is 33.6 Å². The lowest BCUT2D eigenvalue weighted by Crippen LogP contribution is -2.16. The summed E-state index contributed by atoms with van der Waals surface area (Å²) < 4.78 is 5.90. The zero-order chi connectivity index (χ0) is 9.84. The summed E-state index contributed by atoms with van der Waals surface area (Å²) in [6.45, 7) is 0.474. The number of ether oxygens (including phenoxy) is 1. The maximum absolute atomic E-state index is 5.99. The summed E-state index contributed by atoms with van der Waals surface area (Å²) in [6.07, 6.45) is 0. The van der Waals surface area contributed by atoms with E-state index in [9.17, 15) is 0 Å². The third-order valence-electron chi connectivity index (χ3n) is 1.71. The number of nitrogens with two attached hydrogens (primary N) is 1. The Balaban J connectivity index is 2.88. The van der Waals surface area contributed by atoms with Crippen molar-refractivity contribution in [3.05, 3.63) is 33.3 Å². The first-order valence-electron chi connectivity index (χ1n) is 3.84. The van der Waals surface area contributed by atoms with Gasteiger partial charge in [-0.25, -0.2) is 0 Å². The third kappa shape index (κ3) is 2.95. The van der Waals surface area contributed by atoms with Gasteiger partial charge in [-0.2, -0.15) is 0 Å². The van der Waals surface area contributed by atoms with Crippen LogP contribution in [0, 0.1) is 0 Å². The Morgan fingerprint density at radius 1 is 1.62 bits per heavy atom. The van der Waals surface area contributed by atoms with Gasteiger partial charge in [-0.15, -0.1) is 0 Å². The van der Waals surface area contributed by atoms with Gasteiger partial charge in [0.05, 0.1) is 12.6 Å². The highest BCUT2D eigenvalue weighted by Gasteiger charge is 2.09. The zero-order valence-corrected chi connectivity index (χ0v) is 9.60. The summed E-state index contributed by atoms with van der Waals surface area (Å²) in [6, 6.07) is 5.48. The largest absolute Gasteiger partial charge is 0.383 e. The minimum Gasteiger partial charge on any atom is -0.383 e. The van der Waals surface area contributed by atoms with Crippen LogP contribution in [0.3, 0.4) is 0 Å². The van der Waals surface area contributed by atoms with Gasteiger partial charge in [-0.3, -0.25) is 0 Å². The molecule has 1 atom stereocenters. The van der Waals surface area contributed by atoms with Crippen molar-refractivity contribution in [3.63, 3.8) is 0 Å². The van der Waals surface area contributed by atoms with Crippen molar-refractivity contribution in [1.82, 2.24) is 0 Å². The van der Waals surface area contributed by atoms with Crippen molar-refractivity contribution < 1.29 is 4.74 Å².